The fourth-order valence-electron chi connectivity index (χ4n) is 3.59. The van der Waals surface area contributed by atoms with Crippen molar-refractivity contribution in [1.29, 1.82) is 0 Å². The summed E-state index contributed by atoms with van der Waals surface area (Å²) in [5.41, 5.74) is 11.9. The van der Waals surface area contributed by atoms with E-state index in [4.69, 9.17) is 0 Å². The second-order valence-electron chi connectivity index (χ2n) is 7.58. The number of aryl methyl sites for hydroxylation is 6. The third-order valence-electron chi connectivity index (χ3n) is 4.96. The van der Waals surface area contributed by atoms with E-state index in [1.54, 1.807) is 0 Å². The molecule has 0 bridgehead atoms. The average molecular weight is 629 g/mol. The molecule has 3 aromatic rings. The molecule has 0 saturated heterocycles. The quantitative estimate of drug-likeness (QED) is 0.168. The van der Waals surface area contributed by atoms with Crippen LogP contribution < -0.4 is 0 Å². The van der Waals surface area contributed by atoms with Gasteiger partial charge in [0.25, 0.3) is 0 Å². The Kier molecular flexibility index (Phi) is 14.6. The first-order valence-corrected chi connectivity index (χ1v) is 9.62. The Morgan fingerprint density at radius 2 is 1.16 bits per heavy atom. The van der Waals surface area contributed by atoms with Crippen molar-refractivity contribution in [3.05, 3.63) is 104 Å². The molecule has 3 heteroatoms. The molecule has 3 rings (SSSR count). The molecule has 0 spiro atoms. The predicted octanol–water partition coefficient (Wildman–Crippen LogP) is 6.70. The number of hydrogen-bond donors (Lipinski definition) is 0. The predicted molar refractivity (Wildman–Crippen MR) is 120 cm³/mol. The SMILES string of the molecule is Cc1[c-]cc(C#Cc2c(C)cc(C=Cc3c(C)cc(C)cc3C)cc2C)c[c-]1.[Y].[Y].[Y]. The van der Waals surface area contributed by atoms with E-state index in [2.05, 4.69) is 95.0 Å². The van der Waals surface area contributed by atoms with Crippen LogP contribution in [0.5, 0.6) is 0 Å². The van der Waals surface area contributed by atoms with Crippen molar-refractivity contribution in [2.75, 3.05) is 0 Å². The summed E-state index contributed by atoms with van der Waals surface area (Å²) >= 11 is 0. The van der Waals surface area contributed by atoms with E-state index in [-0.39, 0.29) is 98.1 Å². The van der Waals surface area contributed by atoms with Crippen LogP contribution in [0, 0.1) is 65.5 Å². The van der Waals surface area contributed by atoms with Gasteiger partial charge in [0, 0.05) is 104 Å². The zero-order valence-corrected chi connectivity index (χ0v) is 27.9. The number of hydrogen-bond acceptors (Lipinski definition) is 0. The average Bonchev–Trinajstić information content (AvgIpc) is 2.61. The van der Waals surface area contributed by atoms with E-state index in [1.807, 2.05) is 19.1 Å². The van der Waals surface area contributed by atoms with Gasteiger partial charge in [-0.05, 0) is 68.0 Å². The second-order valence-corrected chi connectivity index (χ2v) is 7.58. The van der Waals surface area contributed by atoms with Crippen LogP contribution in [0.1, 0.15) is 55.6 Å². The first-order chi connectivity index (χ1) is 13.3. The minimum absolute atomic E-state index is 0. The topological polar surface area (TPSA) is 0 Å². The molecular weight excluding hydrogens is 603 g/mol. The summed E-state index contributed by atoms with van der Waals surface area (Å²) in [4.78, 5) is 0. The van der Waals surface area contributed by atoms with E-state index >= 15 is 0 Å². The van der Waals surface area contributed by atoms with Crippen molar-refractivity contribution in [3.63, 3.8) is 0 Å². The molecule has 0 atom stereocenters. The summed E-state index contributed by atoms with van der Waals surface area (Å²) in [6, 6.07) is 19.0. The number of benzene rings is 3. The maximum atomic E-state index is 3.33. The Hall–Kier alpha value is 0.272. The van der Waals surface area contributed by atoms with Gasteiger partial charge in [0.15, 0.2) is 0 Å². The van der Waals surface area contributed by atoms with E-state index in [0.29, 0.717) is 0 Å². The maximum Gasteiger partial charge on any atom is 0.0286 e. The van der Waals surface area contributed by atoms with Crippen LogP contribution in [0.2, 0.25) is 0 Å². The van der Waals surface area contributed by atoms with Gasteiger partial charge in [-0.25, -0.2) is 5.56 Å². The molecule has 3 radical (unpaired) electrons. The first-order valence-electron chi connectivity index (χ1n) is 9.62. The standard InChI is InChI=1S/C28H26.3Y/c1-19-7-9-25(10-8-19)11-13-28-23(5)17-26(18-24(28)6)12-14-27-21(3)15-20(2)16-22(27)4;;;/h9-10,12,14-18H,1-6H3;;;/q-2;;;. The maximum absolute atomic E-state index is 3.33. The van der Waals surface area contributed by atoms with Crippen LogP contribution in [0.15, 0.2) is 36.4 Å². The molecule has 0 nitrogen and oxygen atoms in total. The van der Waals surface area contributed by atoms with E-state index in [9.17, 15) is 0 Å². The molecular formula is C28H26Y3-2. The van der Waals surface area contributed by atoms with Gasteiger partial charge in [0.1, 0.15) is 0 Å². The molecule has 0 heterocycles. The van der Waals surface area contributed by atoms with Crippen LogP contribution in [0.4, 0.5) is 0 Å². The Labute approximate surface area is 264 Å². The van der Waals surface area contributed by atoms with Gasteiger partial charge < -0.3 is 12.1 Å². The molecule has 0 amide bonds. The molecule has 0 fully saturated rings. The van der Waals surface area contributed by atoms with Crippen molar-refractivity contribution in [1.82, 2.24) is 0 Å². The third kappa shape index (κ3) is 8.86. The Morgan fingerprint density at radius 3 is 1.68 bits per heavy atom. The third-order valence-corrected chi connectivity index (χ3v) is 4.96. The molecule has 0 aliphatic rings. The van der Waals surface area contributed by atoms with E-state index in [1.165, 1.54) is 38.9 Å². The van der Waals surface area contributed by atoms with E-state index < -0.39 is 0 Å². The van der Waals surface area contributed by atoms with Crippen LogP contribution in [0.3, 0.4) is 0 Å². The molecule has 0 N–H and O–H groups in total. The van der Waals surface area contributed by atoms with Crippen molar-refractivity contribution in [2.45, 2.75) is 41.5 Å². The van der Waals surface area contributed by atoms with Gasteiger partial charge in [0.2, 0.25) is 0 Å². The summed E-state index contributed by atoms with van der Waals surface area (Å²) in [7, 11) is 0. The summed E-state index contributed by atoms with van der Waals surface area (Å²) in [6.45, 7) is 12.7. The molecule has 0 saturated carbocycles. The van der Waals surface area contributed by atoms with Crippen LogP contribution in [-0.4, -0.2) is 0 Å². The van der Waals surface area contributed by atoms with Crippen LogP contribution in [0.25, 0.3) is 12.2 Å². The van der Waals surface area contributed by atoms with E-state index in [0.717, 1.165) is 16.7 Å². The summed E-state index contributed by atoms with van der Waals surface area (Å²) < 4.78 is 0. The molecule has 3 aromatic carbocycles. The van der Waals surface area contributed by atoms with Crippen LogP contribution >= 0.6 is 0 Å². The zero-order valence-electron chi connectivity index (χ0n) is 19.4. The largest absolute Gasteiger partial charge is 0.355 e. The first kappa shape index (κ1) is 31.3. The van der Waals surface area contributed by atoms with Crippen molar-refractivity contribution in [3.8, 4) is 11.8 Å². The van der Waals surface area contributed by atoms with Gasteiger partial charge in [-0.15, -0.1) is 0 Å². The van der Waals surface area contributed by atoms with Gasteiger partial charge in [-0.2, -0.15) is 5.92 Å². The summed E-state index contributed by atoms with van der Waals surface area (Å²) in [6.07, 6.45) is 4.42. The van der Waals surface area contributed by atoms with Gasteiger partial charge in [-0.1, -0.05) is 54.8 Å². The van der Waals surface area contributed by atoms with Gasteiger partial charge >= 0.3 is 0 Å². The Balaban J connectivity index is 0.00000300. The monoisotopic (exact) mass is 629 g/mol. The normalized spacial score (nSPS) is 9.74. The molecule has 31 heavy (non-hydrogen) atoms. The van der Waals surface area contributed by atoms with Crippen molar-refractivity contribution in [2.24, 2.45) is 0 Å². The molecule has 0 aromatic heterocycles. The minimum atomic E-state index is 0. The minimum Gasteiger partial charge on any atom is -0.355 e. The number of rotatable bonds is 2. The van der Waals surface area contributed by atoms with Crippen LogP contribution in [-0.2, 0) is 98.1 Å². The van der Waals surface area contributed by atoms with Gasteiger partial charge in [0.05, 0.1) is 0 Å². The van der Waals surface area contributed by atoms with Crippen molar-refractivity contribution < 1.29 is 98.1 Å². The summed E-state index contributed by atoms with van der Waals surface area (Å²) in [5.74, 6) is 6.57. The second kappa shape index (κ2) is 14.5. The Bertz CT molecular complexity index is 1070. The fourth-order valence-corrected chi connectivity index (χ4v) is 3.59. The molecule has 0 aliphatic heterocycles. The smallest absolute Gasteiger partial charge is 0.0286 e. The molecule has 0 aliphatic carbocycles. The van der Waals surface area contributed by atoms with Crippen molar-refractivity contribution >= 4 is 12.2 Å². The Morgan fingerprint density at radius 1 is 0.645 bits per heavy atom. The molecule has 149 valence electrons. The zero-order chi connectivity index (χ0) is 20.3. The van der Waals surface area contributed by atoms with Gasteiger partial charge in [-0.3, -0.25) is 17.7 Å². The summed E-state index contributed by atoms with van der Waals surface area (Å²) in [5, 5.41) is 0. The molecule has 0 unspecified atom stereocenters. The fraction of sp³-hybridized carbons (Fsp3) is 0.214.